The Morgan fingerprint density at radius 2 is 2.14 bits per heavy atom. The van der Waals surface area contributed by atoms with Crippen LogP contribution in [0.2, 0.25) is 0 Å². The summed E-state index contributed by atoms with van der Waals surface area (Å²) in [5.41, 5.74) is 0. The van der Waals surface area contributed by atoms with Gasteiger partial charge in [0.2, 0.25) is 10.4 Å². The van der Waals surface area contributed by atoms with Crippen LogP contribution in [0.4, 0.5) is 0 Å². The molecule has 78 valence electrons. The molecule has 0 spiro atoms. The molecular formula is C6H11NaO6S. The van der Waals surface area contributed by atoms with Crippen LogP contribution in [-0.2, 0) is 24.1 Å². The van der Waals surface area contributed by atoms with Crippen LogP contribution >= 0.6 is 0 Å². The normalized spacial score (nSPS) is 25.8. The van der Waals surface area contributed by atoms with Crippen LogP contribution < -0.4 is 29.6 Å². The van der Waals surface area contributed by atoms with Gasteiger partial charge in [0.1, 0.15) is 6.10 Å². The predicted octanol–water partition coefficient (Wildman–Crippen LogP) is -3.38. The number of hydrogen-bond acceptors (Lipinski definition) is 6. The second kappa shape index (κ2) is 5.22. The summed E-state index contributed by atoms with van der Waals surface area (Å²) >= 11 is 0. The largest absolute Gasteiger partial charge is 1.00 e. The molecule has 0 aromatic carbocycles. The number of hydrogen-bond donors (Lipinski definition) is 0. The number of ether oxygens (including phenoxy) is 2. The molecule has 0 aromatic heterocycles. The van der Waals surface area contributed by atoms with Crippen molar-refractivity contribution in [1.29, 1.82) is 0 Å². The fourth-order valence-corrected chi connectivity index (χ4v) is 1.32. The average molecular weight is 234 g/mol. The first-order valence-electron chi connectivity index (χ1n) is 3.70. The van der Waals surface area contributed by atoms with Crippen LogP contribution in [0.1, 0.15) is 13.8 Å². The van der Waals surface area contributed by atoms with E-state index < -0.39 is 22.3 Å². The van der Waals surface area contributed by atoms with Gasteiger partial charge in [-0.05, 0) is 13.8 Å². The Labute approximate surface area is 105 Å². The molecule has 0 bridgehead atoms. The van der Waals surface area contributed by atoms with Gasteiger partial charge in [-0.3, -0.25) is 4.18 Å². The molecule has 1 aliphatic rings. The Hall–Kier alpha value is 0.790. The monoisotopic (exact) mass is 234 g/mol. The summed E-state index contributed by atoms with van der Waals surface area (Å²) in [5.74, 6) is -0.735. The van der Waals surface area contributed by atoms with Crippen molar-refractivity contribution in [2.75, 3.05) is 13.2 Å². The minimum absolute atomic E-state index is 0. The fourth-order valence-electron chi connectivity index (χ4n) is 1.00. The van der Waals surface area contributed by atoms with E-state index in [1.807, 2.05) is 0 Å². The van der Waals surface area contributed by atoms with Crippen LogP contribution in [0.5, 0.6) is 0 Å². The van der Waals surface area contributed by atoms with Crippen molar-refractivity contribution in [2.45, 2.75) is 25.7 Å². The second-order valence-corrected chi connectivity index (χ2v) is 4.20. The maximum atomic E-state index is 10.1. The molecule has 6 nitrogen and oxygen atoms in total. The molecular weight excluding hydrogens is 223 g/mol. The van der Waals surface area contributed by atoms with Gasteiger partial charge in [0.15, 0.2) is 5.79 Å². The Balaban J connectivity index is 0.00000169. The molecule has 8 heteroatoms. The van der Waals surface area contributed by atoms with Crippen molar-refractivity contribution in [1.82, 2.24) is 0 Å². The molecule has 0 saturated carbocycles. The van der Waals surface area contributed by atoms with Crippen molar-refractivity contribution in [2.24, 2.45) is 0 Å². The van der Waals surface area contributed by atoms with E-state index in [1.165, 1.54) is 0 Å². The van der Waals surface area contributed by atoms with Crippen LogP contribution in [0.3, 0.4) is 0 Å². The predicted molar refractivity (Wildman–Crippen MR) is 40.6 cm³/mol. The molecule has 1 unspecified atom stereocenters. The third-order valence-electron chi connectivity index (χ3n) is 1.47. The van der Waals surface area contributed by atoms with Crippen molar-refractivity contribution in [3.05, 3.63) is 0 Å². The van der Waals surface area contributed by atoms with Crippen LogP contribution in [0, 0.1) is 0 Å². The molecule has 1 fully saturated rings. The molecule has 0 radical (unpaired) electrons. The van der Waals surface area contributed by atoms with Gasteiger partial charge in [-0.1, -0.05) is 0 Å². The zero-order valence-electron chi connectivity index (χ0n) is 8.35. The molecule has 1 atom stereocenters. The Morgan fingerprint density at radius 3 is 2.50 bits per heavy atom. The van der Waals surface area contributed by atoms with Crippen molar-refractivity contribution < 1.29 is 56.2 Å². The van der Waals surface area contributed by atoms with Gasteiger partial charge in [-0.25, -0.2) is 8.42 Å². The van der Waals surface area contributed by atoms with E-state index >= 15 is 0 Å². The Morgan fingerprint density at radius 1 is 1.57 bits per heavy atom. The first-order valence-corrected chi connectivity index (χ1v) is 5.04. The molecule has 0 amide bonds. The standard InChI is InChI=1S/C6H12O6S.Na/c1-6(2)10-3-5(12-6)4-11-13(7,8)9;/h5H,3-4H2,1-2H3,(H,7,8,9);/q;+1/p-1. The van der Waals surface area contributed by atoms with Crippen molar-refractivity contribution in [3.63, 3.8) is 0 Å². The molecule has 0 aliphatic carbocycles. The van der Waals surface area contributed by atoms with E-state index in [2.05, 4.69) is 4.18 Å². The van der Waals surface area contributed by atoms with E-state index in [-0.39, 0.29) is 42.8 Å². The Bertz CT molecular complexity index is 274. The zero-order valence-corrected chi connectivity index (χ0v) is 11.2. The average Bonchev–Trinajstić information content (AvgIpc) is 2.24. The van der Waals surface area contributed by atoms with E-state index in [1.54, 1.807) is 13.8 Å². The van der Waals surface area contributed by atoms with Crippen LogP contribution in [-0.4, -0.2) is 38.1 Å². The molecule has 14 heavy (non-hydrogen) atoms. The first-order chi connectivity index (χ1) is 5.79. The van der Waals surface area contributed by atoms with Gasteiger partial charge in [-0.15, -0.1) is 0 Å². The fraction of sp³-hybridized carbons (Fsp3) is 1.00. The molecule has 1 aliphatic heterocycles. The maximum Gasteiger partial charge on any atom is 1.00 e. The summed E-state index contributed by atoms with van der Waals surface area (Å²) in [7, 11) is -4.63. The smallest absolute Gasteiger partial charge is 0.726 e. The minimum atomic E-state index is -4.63. The third-order valence-corrected chi connectivity index (χ3v) is 1.89. The summed E-state index contributed by atoms with van der Waals surface area (Å²) in [4.78, 5) is 0. The summed E-state index contributed by atoms with van der Waals surface area (Å²) < 4.78 is 44.6. The third kappa shape index (κ3) is 5.62. The summed E-state index contributed by atoms with van der Waals surface area (Å²) in [6.45, 7) is 3.31. The van der Waals surface area contributed by atoms with E-state index in [0.717, 1.165) is 0 Å². The summed E-state index contributed by atoms with van der Waals surface area (Å²) in [6, 6.07) is 0. The molecule has 1 rings (SSSR count). The van der Waals surface area contributed by atoms with Crippen LogP contribution in [0.25, 0.3) is 0 Å². The van der Waals surface area contributed by atoms with Gasteiger partial charge in [0.25, 0.3) is 0 Å². The zero-order chi connectivity index (χ0) is 10.1. The van der Waals surface area contributed by atoms with Crippen molar-refractivity contribution >= 4 is 10.4 Å². The summed E-state index contributed by atoms with van der Waals surface area (Å²) in [6.07, 6.45) is -0.501. The van der Waals surface area contributed by atoms with Gasteiger partial charge < -0.3 is 14.0 Å². The minimum Gasteiger partial charge on any atom is -0.726 e. The van der Waals surface area contributed by atoms with E-state index in [4.69, 9.17) is 9.47 Å². The topological polar surface area (TPSA) is 84.9 Å². The molecule has 0 N–H and O–H groups in total. The van der Waals surface area contributed by atoms with Gasteiger partial charge >= 0.3 is 29.6 Å². The maximum absolute atomic E-state index is 10.1. The first kappa shape index (κ1) is 14.8. The summed E-state index contributed by atoms with van der Waals surface area (Å²) in [5, 5.41) is 0. The van der Waals surface area contributed by atoms with Gasteiger partial charge in [-0.2, -0.15) is 0 Å². The van der Waals surface area contributed by atoms with Crippen molar-refractivity contribution in [3.8, 4) is 0 Å². The molecule has 0 aromatic rings. The second-order valence-electron chi connectivity index (χ2n) is 3.14. The van der Waals surface area contributed by atoms with Crippen LogP contribution in [0.15, 0.2) is 0 Å². The van der Waals surface area contributed by atoms with E-state index in [9.17, 15) is 13.0 Å². The van der Waals surface area contributed by atoms with E-state index in [0.29, 0.717) is 0 Å². The van der Waals surface area contributed by atoms with Gasteiger partial charge in [0.05, 0.1) is 13.2 Å². The number of rotatable bonds is 3. The SMILES string of the molecule is CC1(C)OCC(COS(=O)(=O)[O-])O1.[Na+]. The van der Waals surface area contributed by atoms with Gasteiger partial charge in [0, 0.05) is 0 Å². The quantitative estimate of drug-likeness (QED) is 0.288. The molecule has 1 heterocycles. The molecule has 1 saturated heterocycles. The Kier molecular flexibility index (Phi) is 5.51.